The average molecular weight is 309 g/mol. The first kappa shape index (κ1) is 13.3. The van der Waals surface area contributed by atoms with Gasteiger partial charge in [0.15, 0.2) is 0 Å². The molecule has 0 saturated carbocycles. The molecular formula is C10H11BrClNO3. The number of hydrogen-bond donors (Lipinski definition) is 0. The van der Waals surface area contributed by atoms with Gasteiger partial charge in [0, 0.05) is 27.8 Å². The Labute approximate surface area is 107 Å². The van der Waals surface area contributed by atoms with Crippen LogP contribution in [-0.4, -0.2) is 16.5 Å². The van der Waals surface area contributed by atoms with E-state index in [1.165, 1.54) is 6.92 Å². The summed E-state index contributed by atoms with van der Waals surface area (Å²) in [4.78, 5) is 10.4. The molecule has 0 amide bonds. The van der Waals surface area contributed by atoms with E-state index in [9.17, 15) is 10.1 Å². The lowest BCUT2D eigenvalue weighted by Crippen LogP contribution is -2.32. The van der Waals surface area contributed by atoms with Gasteiger partial charge in [-0.2, -0.15) is 0 Å². The van der Waals surface area contributed by atoms with Crippen LogP contribution < -0.4 is 4.74 Å². The molecule has 16 heavy (non-hydrogen) atoms. The van der Waals surface area contributed by atoms with E-state index in [2.05, 4.69) is 15.9 Å². The van der Waals surface area contributed by atoms with Crippen LogP contribution in [0.2, 0.25) is 0 Å². The van der Waals surface area contributed by atoms with E-state index in [1.54, 1.807) is 31.4 Å². The van der Waals surface area contributed by atoms with Crippen LogP contribution in [0, 0.1) is 10.1 Å². The quantitative estimate of drug-likeness (QED) is 0.371. The van der Waals surface area contributed by atoms with Gasteiger partial charge in [0.1, 0.15) is 11.1 Å². The van der Waals surface area contributed by atoms with Crippen molar-refractivity contribution in [3.8, 4) is 5.75 Å². The number of halogens is 2. The maximum Gasteiger partial charge on any atom is 0.291 e. The van der Waals surface area contributed by atoms with Gasteiger partial charge in [-0.05, 0) is 17.7 Å². The fraction of sp³-hybridized carbons (Fsp3) is 0.400. The topological polar surface area (TPSA) is 52.4 Å². The van der Waals surface area contributed by atoms with Gasteiger partial charge in [-0.3, -0.25) is 10.1 Å². The van der Waals surface area contributed by atoms with E-state index in [1.807, 2.05) is 0 Å². The molecule has 1 rings (SSSR count). The Kier molecular flexibility index (Phi) is 4.15. The van der Waals surface area contributed by atoms with E-state index in [0.29, 0.717) is 11.3 Å². The van der Waals surface area contributed by atoms with E-state index in [0.717, 1.165) is 0 Å². The molecule has 0 radical (unpaired) electrons. The minimum absolute atomic E-state index is 0.450. The second-order valence-electron chi connectivity index (χ2n) is 3.42. The van der Waals surface area contributed by atoms with Crippen molar-refractivity contribution in [2.45, 2.75) is 16.7 Å². The highest BCUT2D eigenvalue weighted by Gasteiger charge is 2.43. The normalized spacial score (nSPS) is 16.2. The lowest BCUT2D eigenvalue weighted by atomic mass is 10.1. The summed E-state index contributed by atoms with van der Waals surface area (Å²) in [5.41, 5.74) is 0.665. The Morgan fingerprint density at radius 2 is 2.00 bits per heavy atom. The number of nitrogens with zero attached hydrogens (tertiary/aromatic N) is 1. The van der Waals surface area contributed by atoms with Crippen LogP contribution in [0.15, 0.2) is 24.3 Å². The molecule has 0 aromatic heterocycles. The van der Waals surface area contributed by atoms with Gasteiger partial charge in [0.25, 0.3) is 4.45 Å². The number of hydrogen-bond acceptors (Lipinski definition) is 3. The van der Waals surface area contributed by atoms with Gasteiger partial charge in [0.2, 0.25) is 0 Å². The SMILES string of the molecule is COc1ccc([C@H](Cl)[C@](C)(Br)[N+](=O)[O-])cc1. The zero-order valence-corrected chi connectivity index (χ0v) is 11.2. The summed E-state index contributed by atoms with van der Waals surface area (Å²) in [7, 11) is 1.55. The third-order valence-corrected chi connectivity index (χ3v) is 3.92. The first-order chi connectivity index (χ1) is 7.39. The zero-order chi connectivity index (χ0) is 12.3. The number of benzene rings is 1. The first-order valence-electron chi connectivity index (χ1n) is 4.51. The molecule has 0 aliphatic heterocycles. The van der Waals surface area contributed by atoms with Crippen LogP contribution in [-0.2, 0) is 0 Å². The molecule has 0 spiro atoms. The lowest BCUT2D eigenvalue weighted by Gasteiger charge is -2.19. The monoisotopic (exact) mass is 307 g/mol. The van der Waals surface area contributed by atoms with E-state index in [4.69, 9.17) is 16.3 Å². The van der Waals surface area contributed by atoms with Gasteiger partial charge in [-0.1, -0.05) is 12.1 Å². The highest BCUT2D eigenvalue weighted by Crippen LogP contribution is 2.39. The summed E-state index contributed by atoms with van der Waals surface area (Å²) in [6, 6.07) is 6.85. The van der Waals surface area contributed by atoms with Crippen LogP contribution in [0.5, 0.6) is 5.75 Å². The predicted octanol–water partition coefficient (Wildman–Crippen LogP) is 3.36. The average Bonchev–Trinajstić information content (AvgIpc) is 2.28. The summed E-state index contributed by atoms with van der Waals surface area (Å²) in [5.74, 6) is 0.685. The molecule has 0 N–H and O–H groups in total. The van der Waals surface area contributed by atoms with Crippen molar-refractivity contribution in [3.05, 3.63) is 39.9 Å². The molecule has 0 unspecified atom stereocenters. The Morgan fingerprint density at radius 1 is 1.50 bits per heavy atom. The van der Waals surface area contributed by atoms with Crippen LogP contribution in [0.4, 0.5) is 0 Å². The molecule has 1 aromatic carbocycles. The summed E-state index contributed by atoms with van der Waals surface area (Å²) < 4.78 is 3.61. The maximum absolute atomic E-state index is 10.8. The van der Waals surface area contributed by atoms with E-state index < -0.39 is 14.7 Å². The second-order valence-corrected chi connectivity index (χ2v) is 5.46. The molecule has 0 fully saturated rings. The van der Waals surface area contributed by atoms with Gasteiger partial charge in [-0.15, -0.1) is 11.6 Å². The predicted molar refractivity (Wildman–Crippen MR) is 65.9 cm³/mol. The highest BCUT2D eigenvalue weighted by atomic mass is 79.9. The first-order valence-corrected chi connectivity index (χ1v) is 5.74. The Hall–Kier alpha value is -0.810. The summed E-state index contributed by atoms with van der Waals surface area (Å²) >= 11 is 9.08. The standard InChI is InChI=1S/C10H11BrClNO3/c1-10(11,13(14)15)9(12)7-3-5-8(16-2)6-4-7/h3-6,9H,1-2H3/t9-,10+/m0/s1. The van der Waals surface area contributed by atoms with Gasteiger partial charge >= 0.3 is 0 Å². The minimum Gasteiger partial charge on any atom is -0.497 e. The summed E-state index contributed by atoms with van der Waals surface area (Å²) in [6.45, 7) is 1.43. The minimum atomic E-state index is -1.39. The van der Waals surface area contributed by atoms with Crippen molar-refractivity contribution in [2.75, 3.05) is 7.11 Å². The zero-order valence-electron chi connectivity index (χ0n) is 8.81. The smallest absolute Gasteiger partial charge is 0.291 e. The fourth-order valence-electron chi connectivity index (χ4n) is 1.17. The third-order valence-electron chi connectivity index (χ3n) is 2.23. The third kappa shape index (κ3) is 2.65. The molecule has 0 aliphatic rings. The van der Waals surface area contributed by atoms with Crippen molar-refractivity contribution >= 4 is 27.5 Å². The van der Waals surface area contributed by atoms with Crippen LogP contribution in [0.1, 0.15) is 17.9 Å². The number of ether oxygens (including phenoxy) is 1. The van der Waals surface area contributed by atoms with E-state index in [-0.39, 0.29) is 0 Å². The van der Waals surface area contributed by atoms with Crippen LogP contribution >= 0.6 is 27.5 Å². The Bertz CT molecular complexity index is 380. The molecule has 2 atom stereocenters. The van der Waals surface area contributed by atoms with Gasteiger partial charge < -0.3 is 4.74 Å². The van der Waals surface area contributed by atoms with Crippen molar-refractivity contribution in [3.63, 3.8) is 0 Å². The van der Waals surface area contributed by atoms with Gasteiger partial charge in [-0.25, -0.2) is 0 Å². The Morgan fingerprint density at radius 3 is 2.38 bits per heavy atom. The molecule has 0 aliphatic carbocycles. The number of nitro groups is 1. The molecule has 0 heterocycles. The number of methoxy groups -OCH3 is 1. The number of alkyl halides is 2. The fourth-order valence-corrected chi connectivity index (χ4v) is 1.66. The summed E-state index contributed by atoms with van der Waals surface area (Å²) in [5, 5.41) is 10.1. The molecule has 0 saturated heterocycles. The largest absolute Gasteiger partial charge is 0.497 e. The highest BCUT2D eigenvalue weighted by molar-refractivity contribution is 9.10. The number of rotatable bonds is 4. The van der Waals surface area contributed by atoms with Crippen LogP contribution in [0.25, 0.3) is 0 Å². The van der Waals surface area contributed by atoms with Crippen molar-refractivity contribution in [1.29, 1.82) is 0 Å². The van der Waals surface area contributed by atoms with E-state index >= 15 is 0 Å². The van der Waals surface area contributed by atoms with Crippen molar-refractivity contribution < 1.29 is 9.66 Å². The molecular weight excluding hydrogens is 297 g/mol. The van der Waals surface area contributed by atoms with Crippen molar-refractivity contribution in [2.24, 2.45) is 0 Å². The Balaban J connectivity index is 2.96. The molecule has 4 nitrogen and oxygen atoms in total. The van der Waals surface area contributed by atoms with Crippen LogP contribution in [0.3, 0.4) is 0 Å². The second kappa shape index (κ2) is 5.01. The molecule has 0 bridgehead atoms. The van der Waals surface area contributed by atoms with Gasteiger partial charge in [0.05, 0.1) is 7.11 Å². The molecule has 1 aromatic rings. The lowest BCUT2D eigenvalue weighted by molar-refractivity contribution is -0.531. The molecule has 88 valence electrons. The summed E-state index contributed by atoms with van der Waals surface area (Å²) in [6.07, 6.45) is 0. The van der Waals surface area contributed by atoms with Crippen molar-refractivity contribution in [1.82, 2.24) is 0 Å². The maximum atomic E-state index is 10.8. The molecule has 6 heteroatoms.